The fraction of sp³-hybridized carbons (Fsp3) is 0.0588. The van der Waals surface area contributed by atoms with Crippen LogP contribution in [-0.4, -0.2) is 17.3 Å². The lowest BCUT2D eigenvalue weighted by Crippen LogP contribution is -1.90. The summed E-state index contributed by atoms with van der Waals surface area (Å²) < 4.78 is 11.1. The zero-order valence-corrected chi connectivity index (χ0v) is 12.4. The first kappa shape index (κ1) is 14.5. The smallest absolute Gasteiger partial charge is 0.169 e. The van der Waals surface area contributed by atoms with Gasteiger partial charge in [-0.1, -0.05) is 12.1 Å². The van der Waals surface area contributed by atoms with Crippen molar-refractivity contribution in [2.45, 2.75) is 0 Å². The third kappa shape index (κ3) is 2.80. The van der Waals surface area contributed by atoms with Crippen molar-refractivity contribution < 1.29 is 9.47 Å². The van der Waals surface area contributed by atoms with E-state index in [2.05, 4.69) is 10.2 Å². The Bertz CT molecular complexity index is 863. The molecule has 3 N–H and O–H groups in total. The summed E-state index contributed by atoms with van der Waals surface area (Å²) in [4.78, 5) is 0. The van der Waals surface area contributed by atoms with Crippen molar-refractivity contribution in [1.82, 2.24) is 10.2 Å². The van der Waals surface area contributed by atoms with Crippen LogP contribution in [0.3, 0.4) is 0 Å². The molecule has 0 saturated heterocycles. The third-order valence-corrected chi connectivity index (χ3v) is 3.35. The molecule has 23 heavy (non-hydrogen) atoms. The number of aromatic amines is 1. The molecule has 0 radical (unpaired) electrons. The highest BCUT2D eigenvalue weighted by molar-refractivity contribution is 5.72. The number of H-pyrrole nitrogens is 1. The van der Waals surface area contributed by atoms with Crippen molar-refractivity contribution in [1.29, 1.82) is 5.26 Å². The van der Waals surface area contributed by atoms with Crippen molar-refractivity contribution in [3.8, 4) is 34.6 Å². The van der Waals surface area contributed by atoms with Gasteiger partial charge in [0.2, 0.25) is 0 Å². The first-order valence-electron chi connectivity index (χ1n) is 6.88. The molecule has 114 valence electrons. The first-order chi connectivity index (χ1) is 11.2. The number of aromatic nitrogens is 2. The van der Waals surface area contributed by atoms with Crippen molar-refractivity contribution in [2.75, 3.05) is 12.8 Å². The lowest BCUT2D eigenvalue weighted by atomic mass is 10.1. The van der Waals surface area contributed by atoms with Crippen LogP contribution in [0.15, 0.2) is 48.5 Å². The second kappa shape index (κ2) is 6.12. The van der Waals surface area contributed by atoms with E-state index in [1.165, 1.54) is 0 Å². The number of benzene rings is 2. The summed E-state index contributed by atoms with van der Waals surface area (Å²) in [5.74, 6) is 2.14. The molecule has 0 amide bonds. The summed E-state index contributed by atoms with van der Waals surface area (Å²) >= 11 is 0. The Labute approximate surface area is 133 Å². The van der Waals surface area contributed by atoms with Gasteiger partial charge in [-0.2, -0.15) is 10.4 Å². The van der Waals surface area contributed by atoms with Gasteiger partial charge in [0.25, 0.3) is 0 Å². The number of anilines is 1. The number of nitrogen functional groups attached to an aromatic ring is 1. The zero-order chi connectivity index (χ0) is 16.2. The number of nitrogens with two attached hydrogens (primary N) is 1. The minimum absolute atomic E-state index is 0.192. The molecule has 6 nitrogen and oxygen atoms in total. The van der Waals surface area contributed by atoms with Gasteiger partial charge in [0, 0.05) is 5.56 Å². The van der Waals surface area contributed by atoms with Gasteiger partial charge < -0.3 is 15.2 Å². The van der Waals surface area contributed by atoms with E-state index in [1.54, 1.807) is 19.2 Å². The Kier molecular flexibility index (Phi) is 3.85. The number of methoxy groups -OCH3 is 1. The molecule has 0 unspecified atom stereocenters. The van der Waals surface area contributed by atoms with Crippen LogP contribution in [0, 0.1) is 11.3 Å². The minimum atomic E-state index is 0.192. The molecule has 3 rings (SSSR count). The quantitative estimate of drug-likeness (QED) is 0.770. The number of nitrogens with zero attached hydrogens (tertiary/aromatic N) is 2. The maximum atomic E-state index is 9.13. The highest BCUT2D eigenvalue weighted by Gasteiger charge is 2.12. The maximum Gasteiger partial charge on any atom is 0.169 e. The molecule has 1 heterocycles. The molecular weight excluding hydrogens is 292 g/mol. The molecule has 0 aliphatic rings. The second-order valence-electron chi connectivity index (χ2n) is 4.75. The fourth-order valence-electron chi connectivity index (χ4n) is 2.20. The summed E-state index contributed by atoms with van der Waals surface area (Å²) in [6, 6.07) is 16.7. The van der Waals surface area contributed by atoms with Crippen molar-refractivity contribution in [3.05, 3.63) is 54.1 Å². The molecule has 3 aromatic rings. The molecule has 0 fully saturated rings. The van der Waals surface area contributed by atoms with E-state index in [0.717, 1.165) is 5.56 Å². The lowest BCUT2D eigenvalue weighted by molar-refractivity contribution is 0.379. The van der Waals surface area contributed by atoms with Crippen LogP contribution in [0.5, 0.6) is 17.2 Å². The normalized spacial score (nSPS) is 10.1. The highest BCUT2D eigenvalue weighted by atomic mass is 16.5. The van der Waals surface area contributed by atoms with Gasteiger partial charge in [-0.05, 0) is 36.4 Å². The van der Waals surface area contributed by atoms with Crippen LogP contribution in [0.2, 0.25) is 0 Å². The van der Waals surface area contributed by atoms with E-state index < -0.39 is 0 Å². The highest BCUT2D eigenvalue weighted by Crippen LogP contribution is 2.32. The van der Waals surface area contributed by atoms with Crippen molar-refractivity contribution >= 4 is 5.82 Å². The van der Waals surface area contributed by atoms with Crippen LogP contribution in [0.4, 0.5) is 5.82 Å². The summed E-state index contributed by atoms with van der Waals surface area (Å²) in [6.45, 7) is 0. The Balaban J connectivity index is 1.87. The molecule has 0 saturated carbocycles. The average molecular weight is 306 g/mol. The standard InChI is InChI=1S/C17H14N4O2/c1-22-14-4-2-3-5-15(14)23-12-8-6-11(7-9-12)16-13(10-18)17(19)21-20-16/h2-9H,1H3,(H3,19,20,21). The zero-order valence-electron chi connectivity index (χ0n) is 12.4. The summed E-state index contributed by atoms with van der Waals surface area (Å²) in [5.41, 5.74) is 7.38. The van der Waals surface area contributed by atoms with Crippen LogP contribution < -0.4 is 15.2 Å². The van der Waals surface area contributed by atoms with Gasteiger partial charge >= 0.3 is 0 Å². The van der Waals surface area contributed by atoms with E-state index in [-0.39, 0.29) is 5.82 Å². The molecule has 1 aromatic heterocycles. The van der Waals surface area contributed by atoms with Crippen molar-refractivity contribution in [3.63, 3.8) is 0 Å². The third-order valence-electron chi connectivity index (χ3n) is 3.35. The van der Waals surface area contributed by atoms with Crippen molar-refractivity contribution in [2.24, 2.45) is 0 Å². The molecule has 0 atom stereocenters. The Morgan fingerprint density at radius 3 is 2.43 bits per heavy atom. The SMILES string of the molecule is COc1ccccc1Oc1ccc(-c2[nH]nc(N)c2C#N)cc1. The van der Waals surface area contributed by atoms with Crippen LogP contribution in [-0.2, 0) is 0 Å². The molecule has 0 bridgehead atoms. The average Bonchev–Trinajstić information content (AvgIpc) is 2.97. The Hall–Kier alpha value is -3.46. The number of rotatable bonds is 4. The number of nitriles is 1. The second-order valence-corrected chi connectivity index (χ2v) is 4.75. The van der Waals surface area contributed by atoms with Crippen LogP contribution >= 0.6 is 0 Å². The first-order valence-corrected chi connectivity index (χ1v) is 6.88. The molecular formula is C17H14N4O2. The van der Waals surface area contributed by atoms with E-state index in [4.69, 9.17) is 20.5 Å². The molecule has 6 heteroatoms. The Morgan fingerprint density at radius 1 is 1.09 bits per heavy atom. The largest absolute Gasteiger partial charge is 0.493 e. The predicted molar refractivity (Wildman–Crippen MR) is 86.2 cm³/mol. The summed E-state index contributed by atoms with van der Waals surface area (Å²) in [6.07, 6.45) is 0. The topological polar surface area (TPSA) is 96.9 Å². The molecule has 0 spiro atoms. The maximum absolute atomic E-state index is 9.13. The van der Waals surface area contributed by atoms with Gasteiger partial charge in [0.1, 0.15) is 17.4 Å². The van der Waals surface area contributed by atoms with Gasteiger partial charge in [-0.3, -0.25) is 5.10 Å². The van der Waals surface area contributed by atoms with Gasteiger partial charge in [0.05, 0.1) is 12.8 Å². The molecule has 0 aliphatic carbocycles. The van der Waals surface area contributed by atoms with E-state index in [9.17, 15) is 0 Å². The molecule has 2 aromatic carbocycles. The predicted octanol–water partition coefficient (Wildman–Crippen LogP) is 3.33. The monoisotopic (exact) mass is 306 g/mol. The summed E-state index contributed by atoms with van der Waals surface area (Å²) in [7, 11) is 1.59. The van der Waals surface area contributed by atoms with E-state index in [1.807, 2.05) is 42.5 Å². The van der Waals surface area contributed by atoms with E-state index in [0.29, 0.717) is 28.5 Å². The Morgan fingerprint density at radius 2 is 1.78 bits per heavy atom. The van der Waals surface area contributed by atoms with Gasteiger partial charge in [-0.25, -0.2) is 0 Å². The lowest BCUT2D eigenvalue weighted by Gasteiger charge is -2.10. The van der Waals surface area contributed by atoms with Gasteiger partial charge in [0.15, 0.2) is 17.3 Å². The van der Waals surface area contributed by atoms with E-state index >= 15 is 0 Å². The fourth-order valence-corrected chi connectivity index (χ4v) is 2.20. The summed E-state index contributed by atoms with van der Waals surface area (Å²) in [5, 5.41) is 15.8. The molecule has 0 aliphatic heterocycles. The number of hydrogen-bond acceptors (Lipinski definition) is 5. The number of ether oxygens (including phenoxy) is 2. The number of nitrogens with one attached hydrogen (secondary N) is 1. The van der Waals surface area contributed by atoms with Crippen LogP contribution in [0.1, 0.15) is 5.56 Å². The minimum Gasteiger partial charge on any atom is -0.493 e. The number of para-hydroxylation sites is 2. The van der Waals surface area contributed by atoms with Crippen LogP contribution in [0.25, 0.3) is 11.3 Å². The van der Waals surface area contributed by atoms with Gasteiger partial charge in [-0.15, -0.1) is 0 Å². The number of hydrogen-bond donors (Lipinski definition) is 2.